The molecular weight excluding hydrogens is 431 g/mol. The average molecular weight is 451 g/mol. The molecule has 1 amide bonds. The molecule has 0 spiro atoms. The fraction of sp³-hybridized carbons (Fsp3) is 0.350. The number of amides is 1. The zero-order valence-electron chi connectivity index (χ0n) is 16.5. The highest BCUT2D eigenvalue weighted by Crippen LogP contribution is 2.33. The van der Waals surface area contributed by atoms with E-state index in [1.807, 2.05) is 0 Å². The summed E-state index contributed by atoms with van der Waals surface area (Å²) in [5.74, 6) is -2.08. The molecule has 1 aliphatic heterocycles. The van der Waals surface area contributed by atoms with E-state index in [1.54, 1.807) is 11.7 Å². The number of rotatable bonds is 4. The SMILES string of the molecule is Cn1ncc(NC(=O)c2csc(-c3c(F)cccc3F)n2)c1[C@@H]1CC[C@@H](N)[C@@H](F)CO1. The number of nitrogens with zero attached hydrogens (tertiary/aromatic N) is 3. The first-order valence-corrected chi connectivity index (χ1v) is 10.5. The number of anilines is 1. The van der Waals surface area contributed by atoms with Crippen LogP contribution < -0.4 is 11.1 Å². The zero-order chi connectivity index (χ0) is 22.1. The van der Waals surface area contributed by atoms with Crippen molar-refractivity contribution in [3.05, 3.63) is 52.8 Å². The van der Waals surface area contributed by atoms with Gasteiger partial charge in [0.15, 0.2) is 0 Å². The molecule has 0 unspecified atom stereocenters. The number of nitrogens with two attached hydrogens (primary N) is 1. The Morgan fingerprint density at radius 3 is 2.81 bits per heavy atom. The molecule has 4 rings (SSSR count). The van der Waals surface area contributed by atoms with Crippen molar-refractivity contribution in [1.82, 2.24) is 14.8 Å². The summed E-state index contributed by atoms with van der Waals surface area (Å²) < 4.78 is 49.1. The second-order valence-corrected chi connectivity index (χ2v) is 8.09. The van der Waals surface area contributed by atoms with Gasteiger partial charge in [0.25, 0.3) is 5.91 Å². The van der Waals surface area contributed by atoms with E-state index < -0.39 is 35.9 Å². The van der Waals surface area contributed by atoms with Crippen LogP contribution in [0.15, 0.2) is 29.8 Å². The Kier molecular flexibility index (Phi) is 6.08. The Morgan fingerprint density at radius 2 is 2.06 bits per heavy atom. The van der Waals surface area contributed by atoms with Gasteiger partial charge in [0.1, 0.15) is 34.6 Å². The van der Waals surface area contributed by atoms with E-state index >= 15 is 0 Å². The lowest BCUT2D eigenvalue weighted by atomic mass is 10.0. The molecule has 2 aromatic heterocycles. The maximum atomic E-state index is 14.0. The highest BCUT2D eigenvalue weighted by atomic mass is 32.1. The number of aryl methyl sites for hydroxylation is 1. The van der Waals surface area contributed by atoms with Crippen molar-refractivity contribution in [2.24, 2.45) is 12.8 Å². The molecule has 1 fully saturated rings. The van der Waals surface area contributed by atoms with Gasteiger partial charge in [0.05, 0.1) is 29.7 Å². The summed E-state index contributed by atoms with van der Waals surface area (Å²) in [5, 5.41) is 8.35. The minimum Gasteiger partial charge on any atom is -0.369 e. The molecule has 1 saturated heterocycles. The van der Waals surface area contributed by atoms with Crippen molar-refractivity contribution in [1.29, 1.82) is 0 Å². The van der Waals surface area contributed by atoms with Gasteiger partial charge in [-0.3, -0.25) is 9.48 Å². The Hall–Kier alpha value is -2.76. The highest BCUT2D eigenvalue weighted by Gasteiger charge is 2.30. The summed E-state index contributed by atoms with van der Waals surface area (Å²) in [7, 11) is 1.69. The number of benzene rings is 1. The van der Waals surface area contributed by atoms with Crippen LogP contribution in [-0.2, 0) is 11.8 Å². The number of ether oxygens (including phenoxy) is 1. The number of hydrogen-bond donors (Lipinski definition) is 2. The molecule has 0 saturated carbocycles. The lowest BCUT2D eigenvalue weighted by molar-refractivity contribution is 0.0247. The Bertz CT molecular complexity index is 1070. The van der Waals surface area contributed by atoms with Crippen LogP contribution in [-0.4, -0.2) is 39.5 Å². The summed E-state index contributed by atoms with van der Waals surface area (Å²) in [6.07, 6.45) is 0.598. The van der Waals surface area contributed by atoms with Gasteiger partial charge < -0.3 is 15.8 Å². The molecule has 0 bridgehead atoms. The minimum atomic E-state index is -1.26. The fourth-order valence-corrected chi connectivity index (χ4v) is 4.31. The van der Waals surface area contributed by atoms with Gasteiger partial charge in [0.2, 0.25) is 0 Å². The fourth-order valence-electron chi connectivity index (χ4n) is 3.46. The Labute approximate surface area is 180 Å². The van der Waals surface area contributed by atoms with E-state index in [2.05, 4.69) is 15.4 Å². The van der Waals surface area contributed by atoms with Gasteiger partial charge in [-0.1, -0.05) is 6.07 Å². The Balaban J connectivity index is 1.55. The molecule has 3 atom stereocenters. The molecule has 31 heavy (non-hydrogen) atoms. The topological polar surface area (TPSA) is 95.1 Å². The summed E-state index contributed by atoms with van der Waals surface area (Å²) in [5.41, 5.74) is 6.47. The third-order valence-corrected chi connectivity index (χ3v) is 5.99. The van der Waals surface area contributed by atoms with Crippen LogP contribution >= 0.6 is 11.3 Å². The van der Waals surface area contributed by atoms with Crippen molar-refractivity contribution >= 4 is 22.9 Å². The number of thiazole rings is 1. The third-order valence-electron chi connectivity index (χ3n) is 5.13. The first-order chi connectivity index (χ1) is 14.8. The molecular formula is C20H20F3N5O2S. The standard InChI is InChI=1S/C20H20F3N5O2S/c1-28-18(16-6-5-13(24)12(23)8-30-16)14(7-25-28)26-19(29)15-9-31-20(27-15)17-10(21)3-2-4-11(17)22/h2-4,7,9,12-13,16H,5-6,8,24H2,1H3,(H,26,29)/t12-,13+,16-/m0/s1. The normalized spacial score (nSPS) is 21.6. The zero-order valence-corrected chi connectivity index (χ0v) is 17.3. The molecule has 11 heteroatoms. The minimum absolute atomic E-state index is 0.00471. The predicted octanol–water partition coefficient (Wildman–Crippen LogP) is 3.59. The number of alkyl halides is 1. The van der Waals surface area contributed by atoms with Gasteiger partial charge >= 0.3 is 0 Å². The quantitative estimate of drug-likeness (QED) is 0.632. The monoisotopic (exact) mass is 451 g/mol. The molecule has 3 N–H and O–H groups in total. The van der Waals surface area contributed by atoms with E-state index in [0.717, 1.165) is 23.5 Å². The number of nitrogens with one attached hydrogen (secondary N) is 1. The summed E-state index contributed by atoms with van der Waals surface area (Å²) >= 11 is 0.958. The molecule has 1 aliphatic rings. The number of aromatic nitrogens is 3. The van der Waals surface area contributed by atoms with Gasteiger partial charge in [-0.15, -0.1) is 11.3 Å². The average Bonchev–Trinajstić information content (AvgIpc) is 3.31. The number of carbonyl (C=O) groups is 1. The van der Waals surface area contributed by atoms with Crippen LogP contribution in [0.1, 0.15) is 35.1 Å². The van der Waals surface area contributed by atoms with Gasteiger partial charge in [-0.05, 0) is 25.0 Å². The second kappa shape index (κ2) is 8.77. The summed E-state index contributed by atoms with van der Waals surface area (Å²) in [6, 6.07) is 2.90. The van der Waals surface area contributed by atoms with Crippen molar-refractivity contribution in [3.63, 3.8) is 0 Å². The third kappa shape index (κ3) is 4.34. The molecule has 7 nitrogen and oxygen atoms in total. The van der Waals surface area contributed by atoms with Gasteiger partial charge in [0, 0.05) is 18.5 Å². The molecule has 0 aliphatic carbocycles. The maximum absolute atomic E-state index is 14.0. The molecule has 164 valence electrons. The van der Waals surface area contributed by atoms with Crippen molar-refractivity contribution in [2.45, 2.75) is 31.2 Å². The Morgan fingerprint density at radius 1 is 1.32 bits per heavy atom. The van der Waals surface area contributed by atoms with E-state index in [4.69, 9.17) is 10.5 Å². The van der Waals surface area contributed by atoms with Crippen LogP contribution in [0.3, 0.4) is 0 Å². The summed E-state index contributed by atoms with van der Waals surface area (Å²) in [4.78, 5) is 16.8. The molecule has 3 heterocycles. The lowest BCUT2D eigenvalue weighted by Gasteiger charge is -2.17. The van der Waals surface area contributed by atoms with Crippen molar-refractivity contribution < 1.29 is 22.7 Å². The number of halogens is 3. The van der Waals surface area contributed by atoms with E-state index in [1.165, 1.54) is 17.6 Å². The van der Waals surface area contributed by atoms with Crippen LogP contribution in [0.2, 0.25) is 0 Å². The van der Waals surface area contributed by atoms with Crippen molar-refractivity contribution in [3.8, 4) is 10.6 Å². The van der Waals surface area contributed by atoms with E-state index in [0.29, 0.717) is 24.2 Å². The van der Waals surface area contributed by atoms with Crippen LogP contribution in [0.25, 0.3) is 10.6 Å². The van der Waals surface area contributed by atoms with Crippen molar-refractivity contribution in [2.75, 3.05) is 11.9 Å². The van der Waals surface area contributed by atoms with Crippen LogP contribution in [0.4, 0.5) is 18.9 Å². The van der Waals surface area contributed by atoms with Gasteiger partial charge in [-0.25, -0.2) is 18.2 Å². The molecule has 1 aromatic carbocycles. The first kappa shape index (κ1) is 21.5. The lowest BCUT2D eigenvalue weighted by Crippen LogP contribution is -2.32. The van der Waals surface area contributed by atoms with Gasteiger partial charge in [-0.2, -0.15) is 5.10 Å². The second-order valence-electron chi connectivity index (χ2n) is 7.23. The predicted molar refractivity (Wildman–Crippen MR) is 109 cm³/mol. The van der Waals surface area contributed by atoms with E-state index in [-0.39, 0.29) is 22.9 Å². The first-order valence-electron chi connectivity index (χ1n) is 9.59. The van der Waals surface area contributed by atoms with Crippen LogP contribution in [0.5, 0.6) is 0 Å². The maximum Gasteiger partial charge on any atom is 0.275 e. The number of hydrogen-bond acceptors (Lipinski definition) is 6. The molecule has 3 aromatic rings. The smallest absolute Gasteiger partial charge is 0.275 e. The summed E-state index contributed by atoms with van der Waals surface area (Å²) in [6.45, 7) is -0.145. The van der Waals surface area contributed by atoms with Crippen LogP contribution in [0, 0.1) is 11.6 Å². The highest BCUT2D eigenvalue weighted by molar-refractivity contribution is 7.13. The molecule has 0 radical (unpaired) electrons. The largest absolute Gasteiger partial charge is 0.369 e. The van der Waals surface area contributed by atoms with E-state index in [9.17, 15) is 18.0 Å². The number of carbonyl (C=O) groups excluding carboxylic acids is 1.